The maximum Gasteiger partial charge on any atom is 0.335 e. The van der Waals surface area contributed by atoms with Crippen LogP contribution in [0.25, 0.3) is 28.1 Å². The summed E-state index contributed by atoms with van der Waals surface area (Å²) in [6.45, 7) is 5.35. The number of amides is 1. The Hall–Kier alpha value is -4.36. The molecule has 4 N–H and O–H groups in total. The fourth-order valence-corrected chi connectivity index (χ4v) is 6.71. The molecule has 2 aliphatic heterocycles. The van der Waals surface area contributed by atoms with Gasteiger partial charge in [0.05, 0.1) is 41.5 Å². The standard InChI is InChI=1S/C34H34N4O6S2/c35-28-21-25(20-24-8-9-36-31(24)28)27-18-22(2-7-29(27)44-17-13-37-11-15-42-16-12-37)19-30-32(39)38(34(45)46-30)10-1-14-43-26-5-3-23(4-6-26)33(40)41/h2-9,18-21,36H,1,10-17,35H2,(H,40,41). The highest BCUT2D eigenvalue weighted by molar-refractivity contribution is 8.26. The number of H-pyrrole nitrogens is 1. The van der Waals surface area contributed by atoms with Crippen molar-refractivity contribution in [1.82, 2.24) is 14.8 Å². The van der Waals surface area contributed by atoms with Gasteiger partial charge in [0.25, 0.3) is 5.91 Å². The molecule has 2 fully saturated rings. The van der Waals surface area contributed by atoms with Gasteiger partial charge in [-0.05, 0) is 78.2 Å². The Balaban J connectivity index is 1.15. The number of aromatic nitrogens is 1. The van der Waals surface area contributed by atoms with Gasteiger partial charge in [0.15, 0.2) is 0 Å². The molecule has 0 atom stereocenters. The molecule has 238 valence electrons. The maximum atomic E-state index is 13.4. The number of carboxylic acids is 1. The number of hydrogen-bond donors (Lipinski definition) is 3. The highest BCUT2D eigenvalue weighted by Gasteiger charge is 2.31. The van der Waals surface area contributed by atoms with Crippen LogP contribution in [0.1, 0.15) is 22.3 Å². The summed E-state index contributed by atoms with van der Waals surface area (Å²) in [5.74, 6) is 0.171. The second-order valence-corrected chi connectivity index (χ2v) is 12.6. The fourth-order valence-electron chi connectivity index (χ4n) is 5.41. The number of carbonyl (C=O) groups excluding carboxylic acids is 1. The molecule has 1 amide bonds. The lowest BCUT2D eigenvalue weighted by atomic mass is 9.99. The number of aromatic carboxylic acids is 1. The lowest BCUT2D eigenvalue weighted by molar-refractivity contribution is -0.122. The highest BCUT2D eigenvalue weighted by Crippen LogP contribution is 2.38. The largest absolute Gasteiger partial charge is 0.494 e. The van der Waals surface area contributed by atoms with E-state index in [1.165, 1.54) is 23.9 Å². The second kappa shape index (κ2) is 14.4. The molecule has 0 aliphatic carbocycles. The lowest BCUT2D eigenvalue weighted by Gasteiger charge is -2.26. The molecule has 1 aromatic heterocycles. The minimum absolute atomic E-state index is 0.147. The van der Waals surface area contributed by atoms with Gasteiger partial charge in [-0.2, -0.15) is 0 Å². The Morgan fingerprint density at radius 3 is 2.63 bits per heavy atom. The van der Waals surface area contributed by atoms with Crippen molar-refractivity contribution in [3.63, 3.8) is 0 Å². The number of nitrogens with zero attached hydrogens (tertiary/aromatic N) is 2. The molecular weight excluding hydrogens is 625 g/mol. The summed E-state index contributed by atoms with van der Waals surface area (Å²) in [4.78, 5) is 32.0. The number of nitrogen functional groups attached to an aromatic ring is 1. The number of ether oxygens (including phenoxy) is 3. The molecule has 4 aromatic rings. The van der Waals surface area contributed by atoms with Gasteiger partial charge >= 0.3 is 5.97 Å². The Kier molecular flexibility index (Phi) is 9.88. The Morgan fingerprint density at radius 1 is 1.04 bits per heavy atom. The monoisotopic (exact) mass is 658 g/mol. The normalized spacial score (nSPS) is 16.4. The van der Waals surface area contributed by atoms with E-state index in [0.29, 0.717) is 46.8 Å². The molecule has 2 aliphatic rings. The van der Waals surface area contributed by atoms with Crippen LogP contribution in [-0.2, 0) is 9.53 Å². The number of thioether (sulfide) groups is 1. The number of hydrogen-bond acceptors (Lipinski definition) is 9. The van der Waals surface area contributed by atoms with Crippen LogP contribution in [0.3, 0.4) is 0 Å². The average Bonchev–Trinajstić information content (AvgIpc) is 3.64. The number of anilines is 1. The molecular formula is C34H34N4O6S2. The first-order chi connectivity index (χ1) is 22.4. The van der Waals surface area contributed by atoms with Crippen LogP contribution in [0.4, 0.5) is 5.69 Å². The highest BCUT2D eigenvalue weighted by atomic mass is 32.2. The zero-order valence-corrected chi connectivity index (χ0v) is 26.7. The van der Waals surface area contributed by atoms with E-state index in [1.54, 1.807) is 17.0 Å². The van der Waals surface area contributed by atoms with Crippen molar-refractivity contribution in [1.29, 1.82) is 0 Å². The summed E-state index contributed by atoms with van der Waals surface area (Å²) < 4.78 is 18.0. The van der Waals surface area contributed by atoms with E-state index in [0.717, 1.165) is 66.2 Å². The molecule has 0 spiro atoms. The summed E-state index contributed by atoms with van der Waals surface area (Å²) in [5, 5.41) is 10.1. The van der Waals surface area contributed by atoms with Crippen LogP contribution in [0.15, 0.2) is 71.8 Å². The van der Waals surface area contributed by atoms with Crippen molar-refractivity contribution < 1.29 is 28.9 Å². The average molecular weight is 659 g/mol. The van der Waals surface area contributed by atoms with Gasteiger partial charge in [0.1, 0.15) is 22.4 Å². The van der Waals surface area contributed by atoms with Crippen molar-refractivity contribution in [2.45, 2.75) is 6.42 Å². The van der Waals surface area contributed by atoms with Crippen molar-refractivity contribution in [3.05, 3.63) is 82.9 Å². The minimum atomic E-state index is -0.989. The molecule has 2 saturated heterocycles. The smallest absolute Gasteiger partial charge is 0.335 e. The van der Waals surface area contributed by atoms with Crippen LogP contribution in [-0.4, -0.2) is 88.7 Å². The summed E-state index contributed by atoms with van der Waals surface area (Å²) >= 11 is 6.83. The number of benzene rings is 3. The molecule has 0 radical (unpaired) electrons. The molecule has 0 bridgehead atoms. The molecule has 3 aromatic carbocycles. The number of carboxylic acid groups (broad SMARTS) is 1. The van der Waals surface area contributed by atoms with E-state index in [1.807, 2.05) is 42.6 Å². The number of morpholine rings is 1. The number of carbonyl (C=O) groups is 2. The zero-order valence-electron chi connectivity index (χ0n) is 25.1. The van der Waals surface area contributed by atoms with E-state index in [2.05, 4.69) is 16.0 Å². The van der Waals surface area contributed by atoms with Crippen molar-refractivity contribution in [3.8, 4) is 22.6 Å². The van der Waals surface area contributed by atoms with Crippen LogP contribution in [0.2, 0.25) is 0 Å². The first kappa shape index (κ1) is 31.6. The quantitative estimate of drug-likeness (QED) is 0.0777. The number of aromatic amines is 1. The van der Waals surface area contributed by atoms with Gasteiger partial charge in [-0.25, -0.2) is 4.79 Å². The third kappa shape index (κ3) is 7.37. The number of fused-ring (bicyclic) bond motifs is 1. The van der Waals surface area contributed by atoms with E-state index >= 15 is 0 Å². The molecule has 0 unspecified atom stereocenters. The summed E-state index contributed by atoms with van der Waals surface area (Å²) in [6.07, 6.45) is 4.29. The van der Waals surface area contributed by atoms with Gasteiger partial charge in [0, 0.05) is 43.3 Å². The molecule has 46 heavy (non-hydrogen) atoms. The Morgan fingerprint density at radius 2 is 1.85 bits per heavy atom. The van der Waals surface area contributed by atoms with Gasteiger partial charge < -0.3 is 30.0 Å². The maximum absolute atomic E-state index is 13.4. The molecule has 3 heterocycles. The SMILES string of the molecule is Nc1cc(-c2cc(C=C3SC(=S)N(CCCOc4ccc(C(=O)O)cc4)C3=O)ccc2OCCN2CCOCC2)cc2cc[nH]c12. The van der Waals surface area contributed by atoms with E-state index in [-0.39, 0.29) is 11.5 Å². The fraction of sp³-hybridized carbons (Fsp3) is 0.265. The summed E-state index contributed by atoms with van der Waals surface area (Å²) in [7, 11) is 0. The predicted octanol–water partition coefficient (Wildman–Crippen LogP) is 5.50. The van der Waals surface area contributed by atoms with Crippen molar-refractivity contribution >= 4 is 62.8 Å². The third-order valence-corrected chi connectivity index (χ3v) is 9.22. The van der Waals surface area contributed by atoms with Crippen molar-refractivity contribution in [2.75, 3.05) is 58.3 Å². The zero-order chi connectivity index (χ0) is 32.0. The number of rotatable bonds is 12. The molecule has 12 heteroatoms. The lowest BCUT2D eigenvalue weighted by Crippen LogP contribution is -2.38. The number of thiocarbonyl (C=S) groups is 1. The molecule has 6 rings (SSSR count). The Labute approximate surface area is 276 Å². The third-order valence-electron chi connectivity index (χ3n) is 7.84. The van der Waals surface area contributed by atoms with Gasteiger partial charge in [-0.3, -0.25) is 14.6 Å². The summed E-state index contributed by atoms with van der Waals surface area (Å²) in [5.41, 5.74) is 10.8. The van der Waals surface area contributed by atoms with E-state index in [4.69, 9.17) is 37.3 Å². The number of nitrogens with two attached hydrogens (primary N) is 1. The van der Waals surface area contributed by atoms with Crippen LogP contribution < -0.4 is 15.2 Å². The molecule has 10 nitrogen and oxygen atoms in total. The first-order valence-electron chi connectivity index (χ1n) is 15.0. The van der Waals surface area contributed by atoms with Gasteiger partial charge in [-0.15, -0.1) is 0 Å². The predicted molar refractivity (Wildman–Crippen MR) is 184 cm³/mol. The van der Waals surface area contributed by atoms with Crippen LogP contribution in [0.5, 0.6) is 11.5 Å². The first-order valence-corrected chi connectivity index (χ1v) is 16.2. The van der Waals surface area contributed by atoms with Gasteiger partial charge in [-0.1, -0.05) is 30.0 Å². The van der Waals surface area contributed by atoms with E-state index in [9.17, 15) is 9.59 Å². The second-order valence-electron chi connectivity index (χ2n) is 10.9. The van der Waals surface area contributed by atoms with E-state index < -0.39 is 5.97 Å². The Bertz CT molecular complexity index is 1780. The summed E-state index contributed by atoms with van der Waals surface area (Å²) in [6, 6.07) is 18.1. The van der Waals surface area contributed by atoms with Crippen LogP contribution >= 0.6 is 24.0 Å². The minimum Gasteiger partial charge on any atom is -0.494 e. The molecule has 0 saturated carbocycles. The topological polar surface area (TPSA) is 130 Å². The van der Waals surface area contributed by atoms with Crippen molar-refractivity contribution in [2.24, 2.45) is 0 Å². The number of nitrogens with one attached hydrogen (secondary N) is 1. The van der Waals surface area contributed by atoms with Crippen LogP contribution in [0, 0.1) is 0 Å². The van der Waals surface area contributed by atoms with Gasteiger partial charge in [0.2, 0.25) is 0 Å².